The van der Waals surface area contributed by atoms with E-state index < -0.39 is 0 Å². The molecule has 0 saturated carbocycles. The lowest BCUT2D eigenvalue weighted by Crippen LogP contribution is -2.45. The molecule has 0 fully saturated rings. The highest BCUT2D eigenvalue weighted by Gasteiger charge is 2.39. The zero-order chi connectivity index (χ0) is 19.7. The SMILES string of the molecule is COc1cccc(-c2nc3c(s2)N(C(C)C)C(C(=O)Nc2cccnc2)C3)c1. The third kappa shape index (κ3) is 3.45. The zero-order valence-corrected chi connectivity index (χ0v) is 16.9. The van der Waals surface area contributed by atoms with Gasteiger partial charge in [0.2, 0.25) is 5.91 Å². The number of anilines is 2. The minimum Gasteiger partial charge on any atom is -0.497 e. The monoisotopic (exact) mass is 394 g/mol. The van der Waals surface area contributed by atoms with Gasteiger partial charge >= 0.3 is 0 Å². The second-order valence-corrected chi connectivity index (χ2v) is 7.93. The van der Waals surface area contributed by atoms with Crippen LogP contribution in [0.5, 0.6) is 5.75 Å². The van der Waals surface area contributed by atoms with Gasteiger partial charge in [-0.05, 0) is 38.1 Å². The van der Waals surface area contributed by atoms with Crippen molar-refractivity contribution in [3.05, 3.63) is 54.5 Å². The van der Waals surface area contributed by atoms with Gasteiger partial charge in [-0.3, -0.25) is 9.78 Å². The van der Waals surface area contributed by atoms with Crippen LogP contribution in [0.15, 0.2) is 48.8 Å². The number of methoxy groups -OCH3 is 1. The maximum absolute atomic E-state index is 12.9. The molecule has 0 spiro atoms. The highest BCUT2D eigenvalue weighted by molar-refractivity contribution is 7.19. The van der Waals surface area contributed by atoms with Crippen LogP contribution >= 0.6 is 11.3 Å². The van der Waals surface area contributed by atoms with E-state index in [1.54, 1.807) is 30.8 Å². The topological polar surface area (TPSA) is 67.3 Å². The average Bonchev–Trinajstić information content (AvgIpc) is 3.26. The van der Waals surface area contributed by atoms with Gasteiger partial charge in [-0.25, -0.2) is 4.98 Å². The van der Waals surface area contributed by atoms with E-state index in [2.05, 4.69) is 29.0 Å². The molecule has 1 amide bonds. The summed E-state index contributed by atoms with van der Waals surface area (Å²) in [5, 5.41) is 4.99. The van der Waals surface area contributed by atoms with Crippen molar-refractivity contribution in [1.82, 2.24) is 9.97 Å². The molecule has 28 heavy (non-hydrogen) atoms. The number of ether oxygens (including phenoxy) is 1. The smallest absolute Gasteiger partial charge is 0.247 e. The summed E-state index contributed by atoms with van der Waals surface area (Å²) in [7, 11) is 1.66. The van der Waals surface area contributed by atoms with Crippen LogP contribution in [0.4, 0.5) is 10.7 Å². The standard InChI is InChI=1S/C21H22N4O2S/c1-13(2)25-18(19(26)23-15-7-5-9-22-12-15)11-17-21(25)28-20(24-17)14-6-4-8-16(10-14)27-3/h4-10,12-13,18H,11H2,1-3H3,(H,23,26). The minimum atomic E-state index is -0.270. The summed E-state index contributed by atoms with van der Waals surface area (Å²) in [6.07, 6.45) is 3.94. The van der Waals surface area contributed by atoms with Crippen molar-refractivity contribution in [2.75, 3.05) is 17.3 Å². The molecule has 6 nitrogen and oxygen atoms in total. The number of nitrogens with one attached hydrogen (secondary N) is 1. The highest BCUT2D eigenvalue weighted by atomic mass is 32.1. The number of nitrogens with zero attached hydrogens (tertiary/aromatic N) is 3. The number of rotatable bonds is 5. The van der Waals surface area contributed by atoms with Crippen LogP contribution in [0.3, 0.4) is 0 Å². The van der Waals surface area contributed by atoms with Gasteiger partial charge in [0.15, 0.2) is 0 Å². The Labute approximate surface area is 168 Å². The van der Waals surface area contributed by atoms with Gasteiger partial charge in [0.25, 0.3) is 0 Å². The quantitative estimate of drug-likeness (QED) is 0.709. The maximum Gasteiger partial charge on any atom is 0.247 e. The lowest BCUT2D eigenvalue weighted by molar-refractivity contribution is -0.117. The summed E-state index contributed by atoms with van der Waals surface area (Å²) in [5.41, 5.74) is 2.71. The number of hydrogen-bond donors (Lipinski definition) is 1. The van der Waals surface area contributed by atoms with E-state index in [9.17, 15) is 4.79 Å². The first-order valence-corrected chi connectivity index (χ1v) is 10.0. The van der Waals surface area contributed by atoms with E-state index in [0.29, 0.717) is 12.1 Å². The number of fused-ring (bicyclic) bond motifs is 1. The number of carbonyl (C=O) groups excluding carboxylic acids is 1. The molecule has 4 rings (SSSR count). The van der Waals surface area contributed by atoms with Crippen molar-refractivity contribution in [1.29, 1.82) is 0 Å². The Morgan fingerprint density at radius 2 is 2.18 bits per heavy atom. The molecular weight excluding hydrogens is 372 g/mol. The predicted molar refractivity (Wildman–Crippen MR) is 112 cm³/mol. The third-order valence-corrected chi connectivity index (χ3v) is 5.90. The molecule has 144 valence electrons. The van der Waals surface area contributed by atoms with Gasteiger partial charge in [-0.2, -0.15) is 0 Å². The second kappa shape index (κ2) is 7.59. The first-order valence-electron chi connectivity index (χ1n) is 9.20. The van der Waals surface area contributed by atoms with Crippen LogP contribution in [0.2, 0.25) is 0 Å². The molecule has 1 atom stereocenters. The lowest BCUT2D eigenvalue weighted by Gasteiger charge is -2.29. The number of pyridine rings is 1. The predicted octanol–water partition coefficient (Wildman–Crippen LogP) is 3.99. The van der Waals surface area contributed by atoms with Gasteiger partial charge < -0.3 is 15.0 Å². The number of carbonyl (C=O) groups is 1. The summed E-state index contributed by atoms with van der Waals surface area (Å²) < 4.78 is 5.33. The summed E-state index contributed by atoms with van der Waals surface area (Å²) in [5.74, 6) is 0.775. The molecule has 0 aliphatic carbocycles. The fourth-order valence-corrected chi connectivity index (χ4v) is 4.73. The molecule has 1 aliphatic rings. The van der Waals surface area contributed by atoms with Crippen molar-refractivity contribution in [2.45, 2.75) is 32.4 Å². The van der Waals surface area contributed by atoms with Crippen molar-refractivity contribution < 1.29 is 9.53 Å². The zero-order valence-electron chi connectivity index (χ0n) is 16.0. The number of thiazole rings is 1. The summed E-state index contributed by atoms with van der Waals surface area (Å²) >= 11 is 1.63. The number of benzene rings is 1. The van der Waals surface area contributed by atoms with Crippen LogP contribution < -0.4 is 15.0 Å². The Balaban J connectivity index is 1.60. The number of aromatic nitrogens is 2. The summed E-state index contributed by atoms with van der Waals surface area (Å²) in [6, 6.07) is 11.5. The van der Waals surface area contributed by atoms with E-state index in [4.69, 9.17) is 9.72 Å². The Kier molecular flexibility index (Phi) is 5.00. The van der Waals surface area contributed by atoms with E-state index in [-0.39, 0.29) is 18.0 Å². The van der Waals surface area contributed by atoms with E-state index >= 15 is 0 Å². The van der Waals surface area contributed by atoms with E-state index in [1.807, 2.05) is 36.4 Å². The maximum atomic E-state index is 12.9. The van der Waals surface area contributed by atoms with Gasteiger partial charge in [-0.15, -0.1) is 0 Å². The molecule has 0 bridgehead atoms. The van der Waals surface area contributed by atoms with Gasteiger partial charge in [0.1, 0.15) is 21.8 Å². The van der Waals surface area contributed by atoms with Crippen LogP contribution in [0.25, 0.3) is 10.6 Å². The largest absolute Gasteiger partial charge is 0.497 e. The van der Waals surface area contributed by atoms with Crippen LogP contribution in [0, 0.1) is 0 Å². The van der Waals surface area contributed by atoms with Gasteiger partial charge in [-0.1, -0.05) is 23.5 Å². The molecule has 3 heterocycles. The fourth-order valence-electron chi connectivity index (χ4n) is 3.46. The average molecular weight is 395 g/mol. The summed E-state index contributed by atoms with van der Waals surface area (Å²) in [6.45, 7) is 4.20. The number of hydrogen-bond acceptors (Lipinski definition) is 6. The molecule has 1 aliphatic heterocycles. The molecule has 2 aromatic heterocycles. The van der Waals surface area contributed by atoms with E-state index in [1.165, 1.54) is 0 Å². The molecular formula is C21H22N4O2S. The molecule has 1 N–H and O–H groups in total. The van der Waals surface area contributed by atoms with Crippen molar-refractivity contribution in [3.63, 3.8) is 0 Å². The molecule has 3 aromatic rings. The number of amides is 1. The molecule has 0 radical (unpaired) electrons. The Hall–Kier alpha value is -2.93. The Morgan fingerprint density at radius 1 is 1.32 bits per heavy atom. The van der Waals surface area contributed by atoms with Crippen LogP contribution in [-0.4, -0.2) is 35.1 Å². The molecule has 0 saturated heterocycles. The fraction of sp³-hybridized carbons (Fsp3) is 0.286. The second-order valence-electron chi connectivity index (χ2n) is 6.95. The summed E-state index contributed by atoms with van der Waals surface area (Å²) in [4.78, 5) is 24.0. The van der Waals surface area contributed by atoms with Gasteiger partial charge in [0, 0.05) is 24.2 Å². The third-order valence-electron chi connectivity index (χ3n) is 4.74. The normalized spacial score (nSPS) is 15.6. The first kappa shape index (κ1) is 18.4. The van der Waals surface area contributed by atoms with Crippen molar-refractivity contribution >= 4 is 27.9 Å². The van der Waals surface area contributed by atoms with Gasteiger partial charge in [0.05, 0.1) is 24.7 Å². The van der Waals surface area contributed by atoms with Crippen LogP contribution in [-0.2, 0) is 11.2 Å². The van der Waals surface area contributed by atoms with Crippen molar-refractivity contribution in [3.8, 4) is 16.3 Å². The van der Waals surface area contributed by atoms with Crippen LogP contribution in [0.1, 0.15) is 19.5 Å². The Bertz CT molecular complexity index is 987. The molecule has 1 aromatic carbocycles. The first-order chi connectivity index (χ1) is 13.6. The van der Waals surface area contributed by atoms with Crippen molar-refractivity contribution in [2.24, 2.45) is 0 Å². The minimum absolute atomic E-state index is 0.0326. The molecule has 1 unspecified atom stereocenters. The lowest BCUT2D eigenvalue weighted by atomic mass is 10.1. The highest BCUT2D eigenvalue weighted by Crippen LogP contribution is 2.42. The Morgan fingerprint density at radius 3 is 2.89 bits per heavy atom. The van der Waals surface area contributed by atoms with E-state index in [0.717, 1.165) is 27.0 Å². The molecule has 7 heteroatoms.